The average Bonchev–Trinajstić information content (AvgIpc) is 3.14. The molecule has 0 aliphatic carbocycles. The molecular weight excluding hydrogens is 450 g/mol. The van der Waals surface area contributed by atoms with Crippen LogP contribution in [0.5, 0.6) is 11.5 Å². The molecule has 6 heteroatoms. The molecule has 0 aliphatic rings. The van der Waals surface area contributed by atoms with Crippen molar-refractivity contribution in [3.8, 4) is 22.8 Å². The van der Waals surface area contributed by atoms with Crippen LogP contribution in [-0.4, -0.2) is 28.0 Å². The van der Waals surface area contributed by atoms with Gasteiger partial charge in [0.2, 0.25) is 0 Å². The van der Waals surface area contributed by atoms with Crippen molar-refractivity contribution in [2.75, 3.05) is 12.4 Å². The monoisotopic (exact) mass is 485 g/mol. The van der Waals surface area contributed by atoms with Crippen LogP contribution in [0.1, 0.15) is 57.0 Å². The van der Waals surface area contributed by atoms with Crippen molar-refractivity contribution in [2.45, 2.75) is 53.5 Å². The molecule has 0 fully saturated rings. The van der Waals surface area contributed by atoms with Crippen molar-refractivity contribution < 1.29 is 14.3 Å². The lowest BCUT2D eigenvalue weighted by Gasteiger charge is -2.34. The van der Waals surface area contributed by atoms with E-state index in [1.165, 1.54) is 7.11 Å². The normalized spacial score (nSPS) is 12.0. The number of aromatic nitrogens is 2. The number of aryl methyl sites for hydroxylation is 1. The SMILES string of the molecule is COc1ccccc1C(=O)Oc1ccc(-c2nc3cc(C)ccn3c2NC(C)(C)CC(C)(C)C)cc1. The van der Waals surface area contributed by atoms with Crippen LogP contribution < -0.4 is 14.8 Å². The van der Waals surface area contributed by atoms with Gasteiger partial charge >= 0.3 is 5.97 Å². The third-order valence-electron chi connectivity index (χ3n) is 5.88. The van der Waals surface area contributed by atoms with Crippen molar-refractivity contribution in [1.82, 2.24) is 9.38 Å². The van der Waals surface area contributed by atoms with Crippen LogP contribution in [-0.2, 0) is 0 Å². The molecular formula is C30H35N3O3. The number of rotatable bonds is 7. The highest BCUT2D eigenvalue weighted by atomic mass is 16.5. The first kappa shape index (κ1) is 25.3. The number of ether oxygens (including phenoxy) is 2. The Hall–Kier alpha value is -3.80. The van der Waals surface area contributed by atoms with Crippen LogP contribution in [0, 0.1) is 12.3 Å². The smallest absolute Gasteiger partial charge is 0.347 e. The number of benzene rings is 2. The number of nitrogens with zero attached hydrogens (tertiary/aromatic N) is 2. The zero-order valence-electron chi connectivity index (χ0n) is 22.2. The zero-order chi connectivity index (χ0) is 26.1. The van der Waals surface area contributed by atoms with Crippen LogP contribution >= 0.6 is 0 Å². The second-order valence-electron chi connectivity index (χ2n) is 11.1. The first-order valence-corrected chi connectivity index (χ1v) is 12.2. The molecule has 0 bridgehead atoms. The molecule has 4 rings (SSSR count). The maximum Gasteiger partial charge on any atom is 0.347 e. The third-order valence-corrected chi connectivity index (χ3v) is 5.88. The molecule has 188 valence electrons. The molecule has 0 spiro atoms. The zero-order valence-corrected chi connectivity index (χ0v) is 22.2. The Labute approximate surface area is 213 Å². The van der Waals surface area contributed by atoms with Gasteiger partial charge in [-0.05, 0) is 86.7 Å². The molecule has 6 nitrogen and oxygen atoms in total. The van der Waals surface area contributed by atoms with Crippen molar-refractivity contribution in [1.29, 1.82) is 0 Å². The van der Waals surface area contributed by atoms with Crippen LogP contribution in [0.4, 0.5) is 5.82 Å². The van der Waals surface area contributed by atoms with E-state index >= 15 is 0 Å². The van der Waals surface area contributed by atoms with Gasteiger partial charge in [-0.25, -0.2) is 9.78 Å². The lowest BCUT2D eigenvalue weighted by Crippen LogP contribution is -2.36. The summed E-state index contributed by atoms with van der Waals surface area (Å²) >= 11 is 0. The molecule has 2 aromatic heterocycles. The van der Waals surface area contributed by atoms with E-state index in [4.69, 9.17) is 14.5 Å². The number of carbonyl (C=O) groups is 1. The topological polar surface area (TPSA) is 64.9 Å². The lowest BCUT2D eigenvalue weighted by atomic mass is 9.82. The van der Waals surface area contributed by atoms with Gasteiger partial charge in [-0.15, -0.1) is 0 Å². The maximum atomic E-state index is 12.7. The van der Waals surface area contributed by atoms with Crippen molar-refractivity contribution >= 4 is 17.4 Å². The summed E-state index contributed by atoms with van der Waals surface area (Å²) in [7, 11) is 1.53. The summed E-state index contributed by atoms with van der Waals surface area (Å²) in [5.74, 6) is 1.41. The molecule has 4 aromatic rings. The number of fused-ring (bicyclic) bond motifs is 1. The minimum absolute atomic E-state index is 0.155. The minimum atomic E-state index is -0.463. The second-order valence-corrected chi connectivity index (χ2v) is 11.1. The highest BCUT2D eigenvalue weighted by Gasteiger charge is 2.28. The Kier molecular flexibility index (Phi) is 6.81. The van der Waals surface area contributed by atoms with Gasteiger partial charge in [0, 0.05) is 17.3 Å². The van der Waals surface area contributed by atoms with E-state index in [1.54, 1.807) is 30.3 Å². The van der Waals surface area contributed by atoms with Gasteiger partial charge in [0.15, 0.2) is 0 Å². The summed E-state index contributed by atoms with van der Waals surface area (Å²) in [5, 5.41) is 3.77. The van der Waals surface area contributed by atoms with Gasteiger partial charge < -0.3 is 14.8 Å². The predicted molar refractivity (Wildman–Crippen MR) is 145 cm³/mol. The summed E-state index contributed by atoms with van der Waals surface area (Å²) in [5.41, 5.74) is 4.21. The number of hydrogen-bond acceptors (Lipinski definition) is 5. The number of imidazole rings is 1. The van der Waals surface area contributed by atoms with E-state index in [0.717, 1.165) is 34.7 Å². The summed E-state index contributed by atoms with van der Waals surface area (Å²) in [6.45, 7) is 13.3. The van der Waals surface area contributed by atoms with E-state index in [1.807, 2.05) is 18.2 Å². The molecule has 36 heavy (non-hydrogen) atoms. The number of esters is 1. The van der Waals surface area contributed by atoms with Gasteiger partial charge in [0.25, 0.3) is 0 Å². The molecule has 2 heterocycles. The number of carbonyl (C=O) groups excluding carboxylic acids is 1. The van der Waals surface area contributed by atoms with Crippen molar-refractivity contribution in [2.24, 2.45) is 5.41 Å². The summed E-state index contributed by atoms with van der Waals surface area (Å²) < 4.78 is 13.0. The Morgan fingerprint density at radius 1 is 1.00 bits per heavy atom. The van der Waals surface area contributed by atoms with Gasteiger partial charge in [-0.1, -0.05) is 32.9 Å². The maximum absolute atomic E-state index is 12.7. The van der Waals surface area contributed by atoms with Crippen molar-refractivity contribution in [3.05, 3.63) is 78.0 Å². The minimum Gasteiger partial charge on any atom is -0.496 e. The molecule has 0 unspecified atom stereocenters. The fraction of sp³-hybridized carbons (Fsp3) is 0.333. The van der Waals surface area contributed by atoms with E-state index in [-0.39, 0.29) is 11.0 Å². The Morgan fingerprint density at radius 3 is 2.36 bits per heavy atom. The molecule has 0 saturated heterocycles. The van der Waals surface area contributed by atoms with Gasteiger partial charge in [-0.2, -0.15) is 0 Å². The Balaban J connectivity index is 1.66. The molecule has 0 aliphatic heterocycles. The van der Waals surface area contributed by atoms with E-state index in [9.17, 15) is 4.79 Å². The van der Waals surface area contributed by atoms with Gasteiger partial charge in [0.1, 0.15) is 34.2 Å². The number of hydrogen-bond donors (Lipinski definition) is 1. The van der Waals surface area contributed by atoms with E-state index in [0.29, 0.717) is 17.1 Å². The quantitative estimate of drug-likeness (QED) is 0.222. The molecule has 0 atom stereocenters. The number of nitrogens with one attached hydrogen (secondary N) is 1. The first-order chi connectivity index (χ1) is 17.0. The molecule has 1 N–H and O–H groups in total. The molecule has 0 radical (unpaired) electrons. The standard InChI is InChI=1S/C30H35N3O3/c1-20-16-17-33-25(18-20)31-26(27(33)32-30(5,6)19-29(2,3)4)21-12-14-22(15-13-21)36-28(34)23-10-8-9-11-24(23)35-7/h8-18,32H,19H2,1-7H3. The fourth-order valence-corrected chi connectivity index (χ4v) is 4.81. The first-order valence-electron chi connectivity index (χ1n) is 12.2. The molecule has 0 amide bonds. The van der Waals surface area contributed by atoms with Crippen molar-refractivity contribution in [3.63, 3.8) is 0 Å². The highest BCUT2D eigenvalue weighted by molar-refractivity contribution is 5.94. The van der Waals surface area contributed by atoms with Gasteiger partial charge in [0.05, 0.1) is 7.11 Å². The van der Waals surface area contributed by atoms with Crippen LogP contribution in [0.2, 0.25) is 0 Å². The number of anilines is 1. The number of para-hydroxylation sites is 1. The fourth-order valence-electron chi connectivity index (χ4n) is 4.81. The third kappa shape index (κ3) is 5.70. The highest BCUT2D eigenvalue weighted by Crippen LogP contribution is 2.35. The number of pyridine rings is 1. The molecule has 2 aromatic carbocycles. The Bertz CT molecular complexity index is 1380. The summed E-state index contributed by atoms with van der Waals surface area (Å²) in [6, 6.07) is 18.6. The van der Waals surface area contributed by atoms with Crippen LogP contribution in [0.3, 0.4) is 0 Å². The average molecular weight is 486 g/mol. The predicted octanol–water partition coefficient (Wildman–Crippen LogP) is 7.16. The number of methoxy groups -OCH3 is 1. The van der Waals surface area contributed by atoms with Crippen LogP contribution in [0.15, 0.2) is 66.9 Å². The van der Waals surface area contributed by atoms with E-state index < -0.39 is 5.97 Å². The lowest BCUT2D eigenvalue weighted by molar-refractivity contribution is 0.0731. The second kappa shape index (κ2) is 9.69. The summed E-state index contributed by atoms with van der Waals surface area (Å²) in [6.07, 6.45) is 3.04. The summed E-state index contributed by atoms with van der Waals surface area (Å²) in [4.78, 5) is 17.7. The van der Waals surface area contributed by atoms with E-state index in [2.05, 4.69) is 69.6 Å². The Morgan fingerprint density at radius 2 is 1.69 bits per heavy atom. The van der Waals surface area contributed by atoms with Crippen LogP contribution in [0.25, 0.3) is 16.9 Å². The van der Waals surface area contributed by atoms with Gasteiger partial charge in [-0.3, -0.25) is 4.40 Å². The molecule has 0 saturated carbocycles. The largest absolute Gasteiger partial charge is 0.496 e.